The zero-order valence-corrected chi connectivity index (χ0v) is 10.6. The fourth-order valence-electron chi connectivity index (χ4n) is 0.413. The van der Waals surface area contributed by atoms with Gasteiger partial charge < -0.3 is 9.47 Å². The second-order valence-electron chi connectivity index (χ2n) is 2.58. The molecule has 0 radical (unpaired) electrons. The van der Waals surface area contributed by atoms with Gasteiger partial charge in [0.25, 0.3) is 0 Å². The van der Waals surface area contributed by atoms with Crippen molar-refractivity contribution in [2.45, 2.75) is 39.9 Å². The van der Waals surface area contributed by atoms with Crippen LogP contribution in [-0.4, -0.2) is 18.4 Å². The summed E-state index contributed by atoms with van der Waals surface area (Å²) in [6, 6.07) is 0. The Morgan fingerprint density at radius 2 is 1.27 bits per heavy atom. The standard InChI is InChI=1S/C7H14O3.Zn/c1-5(2)9-7(8)10-6(3)4;/h5-6H,1-4H3;. The van der Waals surface area contributed by atoms with E-state index in [4.69, 9.17) is 9.47 Å². The van der Waals surface area contributed by atoms with Crippen molar-refractivity contribution < 1.29 is 33.7 Å². The Morgan fingerprint density at radius 1 is 1.00 bits per heavy atom. The van der Waals surface area contributed by atoms with Crippen molar-refractivity contribution in [3.8, 4) is 0 Å². The minimum atomic E-state index is -0.593. The summed E-state index contributed by atoms with van der Waals surface area (Å²) >= 11 is 0. The Bertz CT molecular complexity index is 100. The van der Waals surface area contributed by atoms with Gasteiger partial charge in [0, 0.05) is 19.5 Å². The van der Waals surface area contributed by atoms with Crippen molar-refractivity contribution >= 4 is 6.16 Å². The van der Waals surface area contributed by atoms with E-state index in [2.05, 4.69) is 0 Å². The van der Waals surface area contributed by atoms with E-state index < -0.39 is 6.16 Å². The molecule has 0 aromatic rings. The Labute approximate surface area is 80.2 Å². The summed E-state index contributed by atoms with van der Waals surface area (Å²) in [7, 11) is 0. The van der Waals surface area contributed by atoms with Crippen LogP contribution in [0.2, 0.25) is 0 Å². The largest absolute Gasteiger partial charge is 0.508 e. The molecule has 0 heterocycles. The SMILES string of the molecule is CC(C)OC(=O)OC(C)C.[Zn]. The minimum absolute atomic E-state index is 0. The zero-order chi connectivity index (χ0) is 8.15. The Balaban J connectivity index is 0. The number of hydrogen-bond donors (Lipinski definition) is 0. The fraction of sp³-hybridized carbons (Fsp3) is 0.857. The van der Waals surface area contributed by atoms with Crippen LogP contribution in [0.15, 0.2) is 0 Å². The van der Waals surface area contributed by atoms with Crippen LogP contribution in [0, 0.1) is 0 Å². The monoisotopic (exact) mass is 210 g/mol. The number of ether oxygens (including phenoxy) is 2. The molecule has 3 nitrogen and oxygen atoms in total. The van der Waals surface area contributed by atoms with Gasteiger partial charge in [-0.3, -0.25) is 0 Å². The third-order valence-corrected chi connectivity index (χ3v) is 0.664. The molecular weight excluding hydrogens is 197 g/mol. The van der Waals surface area contributed by atoms with Crippen LogP contribution in [-0.2, 0) is 29.0 Å². The summed E-state index contributed by atoms with van der Waals surface area (Å²) in [6.45, 7) is 7.12. The number of carbonyl (C=O) groups excluding carboxylic acids is 1. The molecule has 0 aromatic heterocycles. The number of hydrogen-bond acceptors (Lipinski definition) is 3. The van der Waals surface area contributed by atoms with Gasteiger partial charge in [0.15, 0.2) is 0 Å². The molecule has 0 aliphatic heterocycles. The maximum Gasteiger partial charge on any atom is 0.508 e. The normalized spacial score (nSPS) is 9.27. The van der Waals surface area contributed by atoms with Gasteiger partial charge in [-0.05, 0) is 27.7 Å². The van der Waals surface area contributed by atoms with Crippen LogP contribution in [0.3, 0.4) is 0 Å². The third kappa shape index (κ3) is 9.89. The zero-order valence-electron chi connectivity index (χ0n) is 7.59. The van der Waals surface area contributed by atoms with Crippen LogP contribution in [0.5, 0.6) is 0 Å². The van der Waals surface area contributed by atoms with Crippen molar-refractivity contribution in [3.05, 3.63) is 0 Å². The van der Waals surface area contributed by atoms with Crippen molar-refractivity contribution in [3.63, 3.8) is 0 Å². The predicted octanol–water partition coefficient (Wildman–Crippen LogP) is 1.95. The molecule has 0 aliphatic carbocycles. The molecule has 0 saturated heterocycles. The smallest absolute Gasteiger partial charge is 0.432 e. The summed E-state index contributed by atoms with van der Waals surface area (Å²) in [5.74, 6) is 0. The van der Waals surface area contributed by atoms with Crippen LogP contribution in [0.4, 0.5) is 4.79 Å². The molecule has 0 saturated carbocycles. The average Bonchev–Trinajstić information content (AvgIpc) is 1.58. The first-order chi connectivity index (χ1) is 4.52. The predicted molar refractivity (Wildman–Crippen MR) is 37.8 cm³/mol. The van der Waals surface area contributed by atoms with Gasteiger partial charge in [-0.1, -0.05) is 0 Å². The fourth-order valence-corrected chi connectivity index (χ4v) is 0.413. The first-order valence-electron chi connectivity index (χ1n) is 3.39. The molecule has 0 N–H and O–H groups in total. The van der Waals surface area contributed by atoms with Crippen molar-refractivity contribution in [2.75, 3.05) is 0 Å². The molecule has 0 aromatic carbocycles. The van der Waals surface area contributed by atoms with Crippen LogP contribution in [0.25, 0.3) is 0 Å². The second-order valence-corrected chi connectivity index (χ2v) is 2.58. The molecule has 11 heavy (non-hydrogen) atoms. The van der Waals surface area contributed by atoms with E-state index in [1.54, 1.807) is 27.7 Å². The van der Waals surface area contributed by atoms with E-state index in [1.807, 2.05) is 0 Å². The molecule has 0 amide bonds. The molecular formula is C7H14O3Zn. The van der Waals surface area contributed by atoms with E-state index in [0.717, 1.165) is 0 Å². The summed E-state index contributed by atoms with van der Waals surface area (Å²) < 4.78 is 9.40. The van der Waals surface area contributed by atoms with Crippen LogP contribution >= 0.6 is 0 Å². The Kier molecular flexibility index (Phi) is 8.08. The van der Waals surface area contributed by atoms with Gasteiger partial charge in [-0.2, -0.15) is 0 Å². The quantitative estimate of drug-likeness (QED) is 0.517. The van der Waals surface area contributed by atoms with Crippen LogP contribution < -0.4 is 0 Å². The topological polar surface area (TPSA) is 35.5 Å². The summed E-state index contributed by atoms with van der Waals surface area (Å²) in [5.41, 5.74) is 0. The van der Waals surface area contributed by atoms with E-state index >= 15 is 0 Å². The molecule has 0 fully saturated rings. The third-order valence-electron chi connectivity index (χ3n) is 0.664. The molecule has 0 aliphatic rings. The molecule has 62 valence electrons. The average molecular weight is 212 g/mol. The molecule has 4 heteroatoms. The first kappa shape index (κ1) is 13.5. The van der Waals surface area contributed by atoms with Crippen LogP contribution in [0.1, 0.15) is 27.7 Å². The minimum Gasteiger partial charge on any atom is -0.432 e. The molecule has 0 atom stereocenters. The van der Waals surface area contributed by atoms with Gasteiger partial charge in [0.2, 0.25) is 0 Å². The number of rotatable bonds is 2. The van der Waals surface area contributed by atoms with Crippen molar-refractivity contribution in [2.24, 2.45) is 0 Å². The molecule has 0 rings (SSSR count). The van der Waals surface area contributed by atoms with Gasteiger partial charge >= 0.3 is 6.16 Å². The second kappa shape index (κ2) is 6.59. The summed E-state index contributed by atoms with van der Waals surface area (Å²) in [5, 5.41) is 0. The number of carbonyl (C=O) groups is 1. The van der Waals surface area contributed by atoms with E-state index in [-0.39, 0.29) is 31.7 Å². The summed E-state index contributed by atoms with van der Waals surface area (Å²) in [4.78, 5) is 10.6. The maximum absolute atomic E-state index is 10.6. The van der Waals surface area contributed by atoms with Crippen molar-refractivity contribution in [1.82, 2.24) is 0 Å². The van der Waals surface area contributed by atoms with Gasteiger partial charge in [0.05, 0.1) is 12.2 Å². The summed E-state index contributed by atoms with van der Waals surface area (Å²) in [6.07, 6.45) is -0.803. The Morgan fingerprint density at radius 3 is 1.45 bits per heavy atom. The first-order valence-corrected chi connectivity index (χ1v) is 3.39. The Hall–Kier alpha value is -0.107. The maximum atomic E-state index is 10.6. The van der Waals surface area contributed by atoms with Gasteiger partial charge in [0.1, 0.15) is 0 Å². The van der Waals surface area contributed by atoms with Crippen molar-refractivity contribution in [1.29, 1.82) is 0 Å². The van der Waals surface area contributed by atoms with E-state index in [9.17, 15) is 4.79 Å². The van der Waals surface area contributed by atoms with Gasteiger partial charge in [-0.15, -0.1) is 0 Å². The molecule has 0 spiro atoms. The molecule has 0 bridgehead atoms. The van der Waals surface area contributed by atoms with E-state index in [1.165, 1.54) is 0 Å². The van der Waals surface area contributed by atoms with E-state index in [0.29, 0.717) is 0 Å². The molecule has 0 unspecified atom stereocenters. The van der Waals surface area contributed by atoms with Gasteiger partial charge in [-0.25, -0.2) is 4.79 Å².